The van der Waals surface area contributed by atoms with Crippen LogP contribution >= 0.6 is 0 Å². The van der Waals surface area contributed by atoms with Crippen LogP contribution in [0.4, 0.5) is 17.6 Å². The van der Waals surface area contributed by atoms with Gasteiger partial charge in [0.2, 0.25) is 0 Å². The molecule has 2 rings (SSSR count). The smallest absolute Gasteiger partial charge is 0.419 e. The molecule has 146 valence electrons. The average molecular weight is 383 g/mol. The van der Waals surface area contributed by atoms with Crippen LogP contribution in [0.2, 0.25) is 0 Å². The predicted molar refractivity (Wildman–Crippen MR) is 94.5 cm³/mol. The number of aryl methyl sites for hydroxylation is 1. The lowest BCUT2D eigenvalue weighted by Crippen LogP contribution is -2.22. The van der Waals surface area contributed by atoms with Crippen molar-refractivity contribution in [3.63, 3.8) is 0 Å². The van der Waals surface area contributed by atoms with Crippen LogP contribution < -0.4 is 5.73 Å². The molecule has 0 radical (unpaired) electrons. The second kappa shape index (κ2) is 8.08. The third-order valence-electron chi connectivity index (χ3n) is 4.37. The lowest BCUT2D eigenvalue weighted by Gasteiger charge is -2.22. The lowest BCUT2D eigenvalue weighted by molar-refractivity contribution is -0.143. The van der Waals surface area contributed by atoms with Gasteiger partial charge in [0.25, 0.3) is 0 Å². The number of benzene rings is 2. The summed E-state index contributed by atoms with van der Waals surface area (Å²) in [6, 6.07) is 6.41. The fraction of sp³-hybridized carbons (Fsp3) is 0.350. The highest BCUT2D eigenvalue weighted by molar-refractivity contribution is 5.74. The van der Waals surface area contributed by atoms with E-state index in [0.29, 0.717) is 5.56 Å². The van der Waals surface area contributed by atoms with Crippen LogP contribution in [0.15, 0.2) is 30.3 Å². The molecular formula is C20H21F4NO2. The van der Waals surface area contributed by atoms with Crippen molar-refractivity contribution >= 4 is 5.97 Å². The summed E-state index contributed by atoms with van der Waals surface area (Å²) in [5.41, 5.74) is 5.98. The second-order valence-electron chi connectivity index (χ2n) is 6.25. The molecule has 0 amide bonds. The van der Waals surface area contributed by atoms with Gasteiger partial charge in [0.1, 0.15) is 5.82 Å². The number of nitrogens with two attached hydrogens (primary N) is 1. The molecule has 1 atom stereocenters. The van der Waals surface area contributed by atoms with Gasteiger partial charge in [-0.3, -0.25) is 4.79 Å². The van der Waals surface area contributed by atoms with E-state index in [2.05, 4.69) is 0 Å². The normalized spacial score (nSPS) is 12.7. The summed E-state index contributed by atoms with van der Waals surface area (Å²) >= 11 is 0. The summed E-state index contributed by atoms with van der Waals surface area (Å²) < 4.78 is 59.8. The fourth-order valence-corrected chi connectivity index (χ4v) is 3.07. The van der Waals surface area contributed by atoms with E-state index in [1.165, 1.54) is 6.92 Å². The molecule has 0 spiro atoms. The van der Waals surface area contributed by atoms with Crippen molar-refractivity contribution in [2.75, 3.05) is 6.61 Å². The summed E-state index contributed by atoms with van der Waals surface area (Å²) in [4.78, 5) is 11.7. The Morgan fingerprint density at radius 1 is 1.19 bits per heavy atom. The monoisotopic (exact) mass is 383 g/mol. The van der Waals surface area contributed by atoms with Gasteiger partial charge in [0.05, 0.1) is 18.6 Å². The molecule has 7 heteroatoms. The number of hydrogen-bond acceptors (Lipinski definition) is 3. The van der Waals surface area contributed by atoms with Gasteiger partial charge in [-0.2, -0.15) is 13.2 Å². The van der Waals surface area contributed by atoms with Crippen molar-refractivity contribution < 1.29 is 27.1 Å². The summed E-state index contributed by atoms with van der Waals surface area (Å²) in [5, 5.41) is 0. The molecule has 2 aromatic carbocycles. The van der Waals surface area contributed by atoms with Gasteiger partial charge in [-0.25, -0.2) is 4.39 Å². The van der Waals surface area contributed by atoms with E-state index in [0.717, 1.165) is 11.6 Å². The molecule has 0 heterocycles. The Morgan fingerprint density at radius 3 is 2.37 bits per heavy atom. The first-order valence-electron chi connectivity index (χ1n) is 8.45. The van der Waals surface area contributed by atoms with Gasteiger partial charge in [-0.1, -0.05) is 24.3 Å². The number of halogens is 4. The van der Waals surface area contributed by atoms with Crippen LogP contribution in [0, 0.1) is 19.7 Å². The number of hydrogen-bond donors (Lipinski definition) is 1. The Hall–Kier alpha value is -2.41. The zero-order valence-electron chi connectivity index (χ0n) is 15.3. The average Bonchev–Trinajstić information content (AvgIpc) is 2.55. The molecule has 0 bridgehead atoms. The molecule has 1 unspecified atom stereocenters. The van der Waals surface area contributed by atoms with Crippen LogP contribution in [0.3, 0.4) is 0 Å². The third-order valence-corrected chi connectivity index (χ3v) is 4.37. The Morgan fingerprint density at radius 2 is 1.81 bits per heavy atom. The van der Waals surface area contributed by atoms with Crippen LogP contribution in [0.1, 0.15) is 41.6 Å². The van der Waals surface area contributed by atoms with Crippen molar-refractivity contribution in [3.8, 4) is 11.1 Å². The van der Waals surface area contributed by atoms with Crippen LogP contribution in [-0.4, -0.2) is 12.6 Å². The first-order chi connectivity index (χ1) is 12.6. The maximum Gasteiger partial charge on any atom is 0.419 e. The molecule has 0 saturated carbocycles. The number of carbonyl (C=O) groups is 1. The zero-order chi connectivity index (χ0) is 20.4. The number of esters is 1. The van der Waals surface area contributed by atoms with Gasteiger partial charge in [-0.05, 0) is 49.1 Å². The van der Waals surface area contributed by atoms with Gasteiger partial charge in [-0.15, -0.1) is 0 Å². The van der Waals surface area contributed by atoms with Crippen molar-refractivity contribution in [3.05, 3.63) is 58.4 Å². The minimum absolute atomic E-state index is 0.101. The van der Waals surface area contributed by atoms with E-state index in [9.17, 15) is 22.4 Å². The maximum atomic E-state index is 14.8. The second-order valence-corrected chi connectivity index (χ2v) is 6.25. The van der Waals surface area contributed by atoms with Gasteiger partial charge >= 0.3 is 12.1 Å². The van der Waals surface area contributed by atoms with Gasteiger partial charge in [0.15, 0.2) is 0 Å². The molecule has 27 heavy (non-hydrogen) atoms. The molecule has 0 aromatic heterocycles. The largest absolute Gasteiger partial charge is 0.466 e. The Bertz CT molecular complexity index is 847. The first kappa shape index (κ1) is 20.9. The lowest BCUT2D eigenvalue weighted by atomic mass is 9.87. The fourth-order valence-electron chi connectivity index (χ4n) is 3.07. The first-order valence-corrected chi connectivity index (χ1v) is 8.45. The molecule has 0 aliphatic rings. The number of alkyl halides is 3. The SMILES string of the molecule is CCOC(=O)CC(N)c1c(C)c(-c2ccccc2C)cc(C(F)(F)F)c1F. The highest BCUT2D eigenvalue weighted by Gasteiger charge is 2.37. The number of rotatable bonds is 5. The molecular weight excluding hydrogens is 362 g/mol. The maximum absolute atomic E-state index is 14.8. The van der Waals surface area contributed by atoms with E-state index < -0.39 is 36.0 Å². The standard InChI is InChI=1S/C20H21F4NO2/c1-4-27-17(26)10-16(25)18-12(3)14(13-8-6-5-7-11(13)2)9-15(19(18)21)20(22,23)24/h5-9,16H,4,10,25H2,1-3H3. The van der Waals surface area contributed by atoms with Crippen LogP contribution in [0.25, 0.3) is 11.1 Å². The number of carbonyl (C=O) groups excluding carboxylic acids is 1. The van der Waals surface area contributed by atoms with Crippen molar-refractivity contribution in [2.45, 2.75) is 39.4 Å². The van der Waals surface area contributed by atoms with E-state index in [4.69, 9.17) is 10.5 Å². The van der Waals surface area contributed by atoms with E-state index in [1.807, 2.05) is 0 Å². The summed E-state index contributed by atoms with van der Waals surface area (Å²) in [5.74, 6) is -2.15. The minimum atomic E-state index is -4.90. The van der Waals surface area contributed by atoms with E-state index in [1.54, 1.807) is 38.1 Å². The van der Waals surface area contributed by atoms with Gasteiger partial charge < -0.3 is 10.5 Å². The van der Waals surface area contributed by atoms with Gasteiger partial charge in [0, 0.05) is 11.6 Å². The summed E-state index contributed by atoms with van der Waals surface area (Å²) in [6.45, 7) is 4.95. The van der Waals surface area contributed by atoms with Crippen molar-refractivity contribution in [1.29, 1.82) is 0 Å². The Kier molecular flexibility index (Phi) is 6.26. The minimum Gasteiger partial charge on any atom is -0.466 e. The van der Waals surface area contributed by atoms with Crippen LogP contribution in [0.5, 0.6) is 0 Å². The van der Waals surface area contributed by atoms with Crippen molar-refractivity contribution in [1.82, 2.24) is 0 Å². The quantitative estimate of drug-likeness (QED) is 0.579. The summed E-state index contributed by atoms with van der Waals surface area (Å²) in [6.07, 6.45) is -5.31. The molecule has 2 N–H and O–H groups in total. The number of ether oxygens (including phenoxy) is 1. The van der Waals surface area contributed by atoms with E-state index >= 15 is 0 Å². The van der Waals surface area contributed by atoms with Crippen molar-refractivity contribution in [2.24, 2.45) is 5.73 Å². The van der Waals surface area contributed by atoms with E-state index in [-0.39, 0.29) is 23.3 Å². The highest BCUT2D eigenvalue weighted by Crippen LogP contribution is 2.40. The highest BCUT2D eigenvalue weighted by atomic mass is 19.4. The molecule has 3 nitrogen and oxygen atoms in total. The Balaban J connectivity index is 2.70. The third kappa shape index (κ3) is 4.47. The zero-order valence-corrected chi connectivity index (χ0v) is 15.3. The molecule has 0 fully saturated rings. The van der Waals surface area contributed by atoms with Crippen LogP contribution in [-0.2, 0) is 15.7 Å². The molecule has 0 aliphatic heterocycles. The molecule has 2 aromatic rings. The summed E-state index contributed by atoms with van der Waals surface area (Å²) in [7, 11) is 0. The predicted octanol–water partition coefficient (Wildman–Crippen LogP) is 5.08. The Labute approximate surface area is 155 Å². The molecule has 0 saturated heterocycles. The topological polar surface area (TPSA) is 52.3 Å². The molecule has 0 aliphatic carbocycles.